The van der Waals surface area contributed by atoms with Crippen LogP contribution in [0.3, 0.4) is 0 Å². The summed E-state index contributed by atoms with van der Waals surface area (Å²) in [5.41, 5.74) is -1.65. The summed E-state index contributed by atoms with van der Waals surface area (Å²) in [6.45, 7) is 0.0133. The molecule has 2 aromatic heterocycles. The number of rotatable bonds is 6. The van der Waals surface area contributed by atoms with E-state index in [1.54, 1.807) is 30.3 Å². The van der Waals surface area contributed by atoms with E-state index < -0.39 is 52.7 Å². The topological polar surface area (TPSA) is 144 Å². The number of alkyl halides is 3. The third-order valence-corrected chi connectivity index (χ3v) is 7.61. The number of carboxylic acids is 1. The largest absolute Gasteiger partial charge is 0.491 e. The number of benzene rings is 2. The van der Waals surface area contributed by atoms with Gasteiger partial charge in [-0.2, -0.15) is 18.2 Å². The highest BCUT2D eigenvalue weighted by molar-refractivity contribution is 5.79. The van der Waals surface area contributed by atoms with Crippen molar-refractivity contribution in [3.8, 4) is 40.0 Å². The summed E-state index contributed by atoms with van der Waals surface area (Å²) in [6.07, 6.45) is -2.41. The number of nitrogens with zero attached hydrogens (tertiary/aromatic N) is 3. The monoisotopic (exact) mass is 570 g/mol. The Bertz CT molecular complexity index is 1560. The van der Waals surface area contributed by atoms with Crippen LogP contribution in [0.2, 0.25) is 0 Å². The van der Waals surface area contributed by atoms with Crippen LogP contribution >= 0.6 is 0 Å². The number of ether oxygens (including phenoxy) is 1. The van der Waals surface area contributed by atoms with Gasteiger partial charge in [-0.05, 0) is 18.9 Å². The van der Waals surface area contributed by atoms with Crippen molar-refractivity contribution in [3.63, 3.8) is 0 Å². The normalized spacial score (nSPS) is 20.3. The Labute approximate surface area is 231 Å². The van der Waals surface area contributed by atoms with Gasteiger partial charge in [0.15, 0.2) is 0 Å². The van der Waals surface area contributed by atoms with Crippen molar-refractivity contribution in [2.24, 2.45) is 0 Å². The highest BCUT2D eigenvalue weighted by Gasteiger charge is 2.45. The molecule has 1 aliphatic heterocycles. The molecular formula is C28H25F3N4O6. The lowest BCUT2D eigenvalue weighted by Gasteiger charge is -2.40. The summed E-state index contributed by atoms with van der Waals surface area (Å²) >= 11 is 0. The minimum Gasteiger partial charge on any atom is -0.491 e. The zero-order valence-electron chi connectivity index (χ0n) is 21.5. The fourth-order valence-electron chi connectivity index (χ4n) is 5.51. The first-order valence-corrected chi connectivity index (χ1v) is 13.1. The van der Waals surface area contributed by atoms with Gasteiger partial charge in [-0.15, -0.1) is 0 Å². The van der Waals surface area contributed by atoms with Crippen LogP contribution in [0.5, 0.6) is 5.75 Å². The van der Waals surface area contributed by atoms with E-state index in [0.717, 1.165) is 19.3 Å². The Morgan fingerprint density at radius 2 is 1.76 bits per heavy atom. The fraction of sp³-hybridized carbons (Fsp3) is 0.357. The van der Waals surface area contributed by atoms with Crippen LogP contribution in [0.15, 0.2) is 57.6 Å². The van der Waals surface area contributed by atoms with Crippen molar-refractivity contribution in [2.75, 3.05) is 6.61 Å². The van der Waals surface area contributed by atoms with Gasteiger partial charge in [-0.3, -0.25) is 10.1 Å². The van der Waals surface area contributed by atoms with E-state index in [4.69, 9.17) is 13.8 Å². The molecule has 13 heteroatoms. The van der Waals surface area contributed by atoms with E-state index in [1.807, 2.05) is 0 Å². The molecule has 214 valence electrons. The van der Waals surface area contributed by atoms with Gasteiger partial charge < -0.3 is 24.0 Å². The summed E-state index contributed by atoms with van der Waals surface area (Å²) in [4.78, 5) is 16.2. The number of carbonyl (C=O) groups is 1. The molecule has 41 heavy (non-hydrogen) atoms. The van der Waals surface area contributed by atoms with Crippen LogP contribution < -0.4 is 10.1 Å². The lowest BCUT2D eigenvalue weighted by molar-refractivity contribution is -0.147. The number of halogens is 3. The first-order valence-electron chi connectivity index (χ1n) is 13.1. The van der Waals surface area contributed by atoms with Gasteiger partial charge in [0, 0.05) is 16.7 Å². The number of hydrogen-bond donors (Lipinski definition) is 3. The molecule has 2 aromatic carbocycles. The predicted octanol–water partition coefficient (Wildman–Crippen LogP) is 5.25. The Kier molecular flexibility index (Phi) is 6.78. The van der Waals surface area contributed by atoms with Gasteiger partial charge in [0.1, 0.15) is 35.3 Å². The van der Waals surface area contributed by atoms with Crippen LogP contribution in [0.4, 0.5) is 13.2 Å². The highest BCUT2D eigenvalue weighted by atomic mass is 19.4. The summed E-state index contributed by atoms with van der Waals surface area (Å²) in [7, 11) is 0. The number of fused-ring (bicyclic) bond motifs is 1. The first-order chi connectivity index (χ1) is 19.7. The maximum absolute atomic E-state index is 14.0. The van der Waals surface area contributed by atoms with Gasteiger partial charge in [-0.25, -0.2) is 0 Å². The van der Waals surface area contributed by atoms with Gasteiger partial charge in [-0.1, -0.05) is 72.0 Å². The van der Waals surface area contributed by atoms with Gasteiger partial charge in [0.05, 0.1) is 6.04 Å². The SMILES string of the molecule is O=C(O)C1(NC2COc3cc(-c4noc(-c5onc(-c6ccccc6)c5C(F)(F)F)n4)ccc3C2O)CCCCC1. The summed E-state index contributed by atoms with van der Waals surface area (Å²) in [5.74, 6) is -1.87. The summed E-state index contributed by atoms with van der Waals surface area (Å²) < 4.78 is 58.2. The second-order valence-corrected chi connectivity index (χ2v) is 10.2. The summed E-state index contributed by atoms with van der Waals surface area (Å²) in [6, 6.07) is 11.8. The molecule has 0 amide bonds. The van der Waals surface area contributed by atoms with Crippen molar-refractivity contribution in [1.29, 1.82) is 0 Å². The molecule has 6 rings (SSSR count). The standard InChI is InChI=1S/C28H25F3N4O6/c29-28(30,31)20-21(15-7-3-1-4-8-15)34-40-23(20)25-32-24(35-41-25)16-9-10-17-19(13-16)39-14-18(22(17)36)33-27(26(37)38)11-5-2-6-12-27/h1,3-4,7-10,13,18,22,33,36H,2,5-6,11-12,14H2,(H,37,38). The van der Waals surface area contributed by atoms with E-state index >= 15 is 0 Å². The summed E-state index contributed by atoms with van der Waals surface area (Å²) in [5, 5.41) is 31.5. The minimum atomic E-state index is -4.81. The Balaban J connectivity index is 1.26. The number of aromatic nitrogens is 3. The third-order valence-electron chi connectivity index (χ3n) is 7.61. The molecule has 1 aliphatic carbocycles. The number of aliphatic hydroxyl groups is 1. The fourth-order valence-corrected chi connectivity index (χ4v) is 5.51. The Hall–Kier alpha value is -4.23. The van der Waals surface area contributed by atoms with Crippen LogP contribution in [0, 0.1) is 0 Å². The van der Waals surface area contributed by atoms with Crippen molar-refractivity contribution >= 4 is 5.97 Å². The molecule has 2 unspecified atom stereocenters. The molecule has 1 fully saturated rings. The number of aliphatic carboxylic acids is 1. The van der Waals surface area contributed by atoms with Gasteiger partial charge in [0.25, 0.3) is 5.89 Å². The van der Waals surface area contributed by atoms with Gasteiger partial charge in [0.2, 0.25) is 11.6 Å². The van der Waals surface area contributed by atoms with E-state index in [-0.39, 0.29) is 18.0 Å². The molecule has 3 N–H and O–H groups in total. The molecule has 10 nitrogen and oxygen atoms in total. The molecule has 0 bridgehead atoms. The van der Waals surface area contributed by atoms with Crippen LogP contribution in [-0.2, 0) is 11.0 Å². The van der Waals surface area contributed by atoms with Crippen LogP contribution in [0.25, 0.3) is 34.3 Å². The van der Waals surface area contributed by atoms with Crippen LogP contribution in [0.1, 0.15) is 49.3 Å². The average molecular weight is 571 g/mol. The van der Waals surface area contributed by atoms with Crippen molar-refractivity contribution in [1.82, 2.24) is 20.6 Å². The Morgan fingerprint density at radius 1 is 1.00 bits per heavy atom. The number of aliphatic hydroxyl groups excluding tert-OH is 1. The molecule has 0 spiro atoms. The molecule has 4 aromatic rings. The molecule has 1 saturated carbocycles. The predicted molar refractivity (Wildman–Crippen MR) is 136 cm³/mol. The lowest BCUT2D eigenvalue weighted by Crippen LogP contribution is -2.60. The molecule has 2 aliphatic rings. The first kappa shape index (κ1) is 27.0. The zero-order valence-corrected chi connectivity index (χ0v) is 21.5. The maximum Gasteiger partial charge on any atom is 0.422 e. The molecule has 3 heterocycles. The second kappa shape index (κ2) is 10.3. The van der Waals surface area contributed by atoms with E-state index in [1.165, 1.54) is 18.2 Å². The third kappa shape index (κ3) is 4.95. The molecule has 0 radical (unpaired) electrons. The molecule has 2 atom stereocenters. The van der Waals surface area contributed by atoms with E-state index in [2.05, 4.69) is 20.6 Å². The Morgan fingerprint density at radius 3 is 2.46 bits per heavy atom. The number of hydrogen-bond acceptors (Lipinski definition) is 9. The molecule has 0 saturated heterocycles. The average Bonchev–Trinajstić information content (AvgIpc) is 3.63. The smallest absolute Gasteiger partial charge is 0.422 e. The van der Waals surface area contributed by atoms with Crippen LogP contribution in [-0.4, -0.2) is 49.7 Å². The van der Waals surface area contributed by atoms with E-state index in [0.29, 0.717) is 29.7 Å². The maximum atomic E-state index is 14.0. The number of nitrogens with one attached hydrogen (secondary N) is 1. The van der Waals surface area contributed by atoms with Gasteiger partial charge >= 0.3 is 12.1 Å². The molecular weight excluding hydrogens is 545 g/mol. The zero-order chi connectivity index (χ0) is 28.8. The van der Waals surface area contributed by atoms with Crippen molar-refractivity contribution < 1.29 is 42.0 Å². The van der Waals surface area contributed by atoms with Crippen molar-refractivity contribution in [3.05, 3.63) is 59.7 Å². The highest BCUT2D eigenvalue weighted by Crippen LogP contribution is 2.43. The number of carboxylic acid groups (broad SMARTS) is 1. The minimum absolute atomic E-state index is 0.0133. The quantitative estimate of drug-likeness (QED) is 0.281. The lowest BCUT2D eigenvalue weighted by atomic mass is 9.80. The second-order valence-electron chi connectivity index (χ2n) is 10.2. The van der Waals surface area contributed by atoms with Crippen molar-refractivity contribution in [2.45, 2.75) is 56.0 Å². The van der Waals surface area contributed by atoms with E-state index in [9.17, 15) is 28.2 Å².